The van der Waals surface area contributed by atoms with Crippen molar-refractivity contribution in [3.8, 4) is 5.75 Å². The topological polar surface area (TPSA) is 9.23 Å². The maximum atomic E-state index is 5.78. The number of hydrogen-bond acceptors (Lipinski definition) is 1. The molecule has 0 aliphatic carbocycles. The fourth-order valence-electron chi connectivity index (χ4n) is 2.98. The third-order valence-corrected chi connectivity index (χ3v) is 5.34. The minimum absolute atomic E-state index is 0.0995. The summed E-state index contributed by atoms with van der Waals surface area (Å²) in [5.74, 6) is 1.03. The quantitative estimate of drug-likeness (QED) is 0.677. The third kappa shape index (κ3) is 2.62. The predicted molar refractivity (Wildman–Crippen MR) is 91.6 cm³/mol. The summed E-state index contributed by atoms with van der Waals surface area (Å²) < 4.78 is 5.78. The van der Waals surface area contributed by atoms with Crippen LogP contribution in [0.15, 0.2) is 42.5 Å². The first-order chi connectivity index (χ1) is 10.0. The Balaban J connectivity index is 2.01. The summed E-state index contributed by atoms with van der Waals surface area (Å²) in [4.78, 5) is 0.232. The van der Waals surface area contributed by atoms with Crippen molar-refractivity contribution in [2.45, 2.75) is 37.4 Å². The van der Waals surface area contributed by atoms with Gasteiger partial charge in [-0.3, -0.25) is 0 Å². The molecule has 0 aromatic heterocycles. The zero-order valence-electron chi connectivity index (χ0n) is 12.8. The van der Waals surface area contributed by atoms with E-state index in [-0.39, 0.29) is 10.2 Å². The number of halogens is 1. The van der Waals surface area contributed by atoms with E-state index in [1.807, 2.05) is 0 Å². The van der Waals surface area contributed by atoms with Crippen molar-refractivity contribution in [2.24, 2.45) is 0 Å². The van der Waals surface area contributed by atoms with Crippen molar-refractivity contribution in [3.05, 3.63) is 64.7 Å². The highest BCUT2D eigenvalue weighted by molar-refractivity contribution is 9.09. The van der Waals surface area contributed by atoms with Crippen molar-refractivity contribution < 1.29 is 4.74 Å². The number of alkyl halides is 1. The molecule has 0 fully saturated rings. The van der Waals surface area contributed by atoms with Crippen LogP contribution in [0.25, 0.3) is 0 Å². The Hall–Kier alpha value is -1.28. The van der Waals surface area contributed by atoms with Gasteiger partial charge in [-0.25, -0.2) is 0 Å². The van der Waals surface area contributed by atoms with Crippen LogP contribution in [-0.2, 0) is 11.8 Å². The van der Waals surface area contributed by atoms with E-state index in [0.29, 0.717) is 0 Å². The molecule has 0 N–H and O–H groups in total. The van der Waals surface area contributed by atoms with Crippen LogP contribution in [0, 0.1) is 0 Å². The Morgan fingerprint density at radius 1 is 1.19 bits per heavy atom. The number of aryl methyl sites for hydroxylation is 1. The van der Waals surface area contributed by atoms with Crippen molar-refractivity contribution in [3.63, 3.8) is 0 Å². The van der Waals surface area contributed by atoms with Crippen molar-refractivity contribution in [2.75, 3.05) is 6.61 Å². The largest absolute Gasteiger partial charge is 0.492 e. The first kappa shape index (κ1) is 14.6. The normalized spacial score (nSPS) is 17.1. The molecule has 0 bridgehead atoms. The number of hydrogen-bond donors (Lipinski definition) is 0. The highest BCUT2D eigenvalue weighted by Gasteiger charge is 2.32. The lowest BCUT2D eigenvalue weighted by Crippen LogP contribution is -2.18. The van der Waals surface area contributed by atoms with Crippen LogP contribution < -0.4 is 4.74 Å². The van der Waals surface area contributed by atoms with Gasteiger partial charge in [0.25, 0.3) is 0 Å². The maximum absolute atomic E-state index is 5.78. The molecule has 1 nitrogen and oxygen atoms in total. The lowest BCUT2D eigenvalue weighted by atomic mass is 9.85. The van der Waals surface area contributed by atoms with E-state index in [0.717, 1.165) is 18.8 Å². The fourth-order valence-corrected chi connectivity index (χ4v) is 3.71. The summed E-state index contributed by atoms with van der Waals surface area (Å²) in [6.45, 7) is 7.46. The molecule has 2 aromatic carbocycles. The van der Waals surface area contributed by atoms with E-state index >= 15 is 0 Å². The molecule has 3 rings (SSSR count). The van der Waals surface area contributed by atoms with E-state index in [1.54, 1.807) is 0 Å². The molecule has 0 spiro atoms. The molecule has 21 heavy (non-hydrogen) atoms. The Morgan fingerprint density at radius 2 is 1.95 bits per heavy atom. The van der Waals surface area contributed by atoms with Crippen LogP contribution in [-0.4, -0.2) is 6.61 Å². The van der Waals surface area contributed by atoms with Gasteiger partial charge in [-0.15, -0.1) is 0 Å². The zero-order valence-corrected chi connectivity index (χ0v) is 14.4. The minimum Gasteiger partial charge on any atom is -0.492 e. The van der Waals surface area contributed by atoms with Gasteiger partial charge in [0.1, 0.15) is 5.75 Å². The second-order valence-electron chi connectivity index (χ2n) is 6.34. The SMILES string of the molecule is CCc1ccccc1C(Br)c1ccc2c(c1)C(C)(C)CO2. The van der Waals surface area contributed by atoms with Gasteiger partial charge in [-0.05, 0) is 35.2 Å². The first-order valence-electron chi connectivity index (χ1n) is 7.52. The molecule has 2 heteroatoms. The molecule has 1 heterocycles. The molecule has 0 amide bonds. The summed E-state index contributed by atoms with van der Waals surface area (Å²) in [6, 6.07) is 15.2. The smallest absolute Gasteiger partial charge is 0.123 e. The molecule has 0 radical (unpaired) electrons. The van der Waals surface area contributed by atoms with Crippen molar-refractivity contribution in [1.29, 1.82) is 0 Å². The second kappa shape index (κ2) is 5.49. The van der Waals surface area contributed by atoms with Crippen LogP contribution in [0.2, 0.25) is 0 Å². The Labute approximate surface area is 135 Å². The number of benzene rings is 2. The summed E-state index contributed by atoms with van der Waals surface area (Å²) in [6.07, 6.45) is 1.05. The Bertz CT molecular complexity index is 660. The van der Waals surface area contributed by atoms with Crippen LogP contribution in [0.3, 0.4) is 0 Å². The number of ether oxygens (including phenoxy) is 1. The summed E-state index contributed by atoms with van der Waals surface area (Å²) >= 11 is 3.89. The molecule has 1 atom stereocenters. The average Bonchev–Trinajstić information content (AvgIpc) is 2.81. The van der Waals surface area contributed by atoms with E-state index in [1.165, 1.54) is 22.3 Å². The van der Waals surface area contributed by atoms with Gasteiger partial charge >= 0.3 is 0 Å². The number of fused-ring (bicyclic) bond motifs is 1. The highest BCUT2D eigenvalue weighted by Crippen LogP contribution is 2.42. The summed E-state index contributed by atoms with van der Waals surface area (Å²) in [7, 11) is 0. The standard InChI is InChI=1S/C19H21BrO/c1-4-13-7-5-6-8-15(13)18(20)14-9-10-17-16(11-14)19(2,3)12-21-17/h5-11,18H,4,12H2,1-3H3. The lowest BCUT2D eigenvalue weighted by molar-refractivity contribution is 0.291. The molecule has 1 aliphatic heterocycles. The van der Waals surface area contributed by atoms with Gasteiger partial charge in [-0.1, -0.05) is 67.0 Å². The molecular weight excluding hydrogens is 324 g/mol. The van der Waals surface area contributed by atoms with Crippen LogP contribution in [0.4, 0.5) is 0 Å². The minimum atomic E-state index is 0.0995. The summed E-state index contributed by atoms with van der Waals surface area (Å²) in [5.41, 5.74) is 5.47. The zero-order chi connectivity index (χ0) is 15.0. The Morgan fingerprint density at radius 3 is 2.71 bits per heavy atom. The van der Waals surface area contributed by atoms with Gasteiger partial charge in [0.2, 0.25) is 0 Å². The maximum Gasteiger partial charge on any atom is 0.123 e. The fraction of sp³-hybridized carbons (Fsp3) is 0.368. The first-order valence-corrected chi connectivity index (χ1v) is 8.43. The van der Waals surface area contributed by atoms with E-state index in [2.05, 4.69) is 79.2 Å². The van der Waals surface area contributed by atoms with E-state index in [4.69, 9.17) is 4.74 Å². The lowest BCUT2D eigenvalue weighted by Gasteiger charge is -2.19. The summed E-state index contributed by atoms with van der Waals surface area (Å²) in [5, 5.41) is 0. The molecule has 2 aromatic rings. The molecular formula is C19H21BrO. The van der Waals surface area contributed by atoms with Gasteiger partial charge in [0.15, 0.2) is 0 Å². The predicted octanol–water partition coefficient (Wildman–Crippen LogP) is 5.40. The van der Waals surface area contributed by atoms with Gasteiger partial charge in [-0.2, -0.15) is 0 Å². The number of rotatable bonds is 3. The van der Waals surface area contributed by atoms with Gasteiger partial charge in [0.05, 0.1) is 11.4 Å². The second-order valence-corrected chi connectivity index (χ2v) is 7.26. The third-order valence-electron chi connectivity index (χ3n) is 4.32. The molecule has 0 saturated carbocycles. The van der Waals surface area contributed by atoms with Crippen molar-refractivity contribution in [1.82, 2.24) is 0 Å². The highest BCUT2D eigenvalue weighted by atomic mass is 79.9. The molecule has 1 aliphatic rings. The average molecular weight is 345 g/mol. The van der Waals surface area contributed by atoms with E-state index in [9.17, 15) is 0 Å². The monoisotopic (exact) mass is 344 g/mol. The van der Waals surface area contributed by atoms with Crippen LogP contribution in [0.5, 0.6) is 5.75 Å². The van der Waals surface area contributed by atoms with Gasteiger partial charge in [0, 0.05) is 11.0 Å². The molecule has 1 unspecified atom stereocenters. The van der Waals surface area contributed by atoms with Gasteiger partial charge < -0.3 is 4.74 Å². The van der Waals surface area contributed by atoms with E-state index < -0.39 is 0 Å². The Kier molecular flexibility index (Phi) is 3.83. The van der Waals surface area contributed by atoms with Crippen molar-refractivity contribution >= 4 is 15.9 Å². The van der Waals surface area contributed by atoms with Crippen LogP contribution in [0.1, 0.15) is 47.9 Å². The van der Waals surface area contributed by atoms with Crippen LogP contribution >= 0.6 is 15.9 Å². The molecule has 0 saturated heterocycles. The molecule has 110 valence electrons.